The molecule has 1 aliphatic rings. The Bertz CT molecular complexity index is 5550. The Morgan fingerprint density at radius 2 is 0.918 bits per heavy atom. The molecule has 0 fully saturated rings. The smallest absolute Gasteiger partial charge is 0.137 e. The highest BCUT2D eigenvalue weighted by atomic mass is 16.3. The minimum atomic E-state index is -3.73. The molecule has 286 valence electrons. The van der Waals surface area contributed by atoms with Crippen LogP contribution in [0.25, 0.3) is 66.1 Å². The summed E-state index contributed by atoms with van der Waals surface area (Å²) in [7, 11) is 0. The van der Waals surface area contributed by atoms with Gasteiger partial charge in [-0.1, -0.05) is 187 Å². The minimum absolute atomic E-state index is 0.189. The first-order valence-corrected chi connectivity index (χ1v) is 17.8. The molecule has 0 saturated heterocycles. The summed E-state index contributed by atoms with van der Waals surface area (Å²) in [6, 6.07) is -47.8. The van der Waals surface area contributed by atoms with Crippen molar-refractivity contribution in [1.29, 1.82) is 0 Å². The SMILES string of the molecule is [2H]c1c([2H])c([2H])c(-c2c([2H])c([2H])c([2H])c3c2-c2c([2H])c([2H])c(N(c4c([2H])c([2H])c(-c5c([2H])c([2H])c([2H])c6c([2H])c([2H])c([2H])c([2H])c56)c([2H])c4[2H])c4c([2H])c([2H])c5c(oc6c([2H])c([2H])c([2H])c([2H])c65)c4[2H])c([2H])c2C3(c2c([2H])c([2H])c([2H])c([2H])c2[2H])c2c([2H])c([2H])c([2H])c([2H])c2[2H])c([2H])c1[2H]. The molecule has 0 radical (unpaired) electrons. The van der Waals surface area contributed by atoms with Crippen LogP contribution >= 0.6 is 0 Å². The van der Waals surface area contributed by atoms with Gasteiger partial charge in [0.05, 0.1) is 58.9 Å². The van der Waals surface area contributed by atoms with E-state index in [1.54, 1.807) is 0 Å². The van der Waals surface area contributed by atoms with Crippen LogP contribution in [0.4, 0.5) is 17.1 Å². The molecule has 0 atom stereocenters. The van der Waals surface area contributed by atoms with E-state index in [0.29, 0.717) is 0 Å². The molecule has 1 aromatic heterocycles. The predicted molar refractivity (Wildman–Crippen MR) is 254 cm³/mol. The number of furan rings is 1. The summed E-state index contributed by atoms with van der Waals surface area (Å²) in [6.07, 6.45) is 0. The van der Waals surface area contributed by atoms with Crippen LogP contribution in [0.5, 0.6) is 0 Å². The quantitative estimate of drug-likeness (QED) is 0.159. The molecule has 12 rings (SSSR count). The van der Waals surface area contributed by atoms with E-state index < -0.39 is 346 Å². The Balaban J connectivity index is 1.41. The molecule has 2 nitrogen and oxygen atoms in total. The predicted octanol–water partition coefficient (Wildman–Crippen LogP) is 15.9. The van der Waals surface area contributed by atoms with Gasteiger partial charge in [0.25, 0.3) is 0 Å². The summed E-state index contributed by atoms with van der Waals surface area (Å²) in [5.41, 5.74) is -21.1. The first-order chi connectivity index (χ1) is 46.5. The van der Waals surface area contributed by atoms with Gasteiger partial charge < -0.3 is 9.32 Å². The topological polar surface area (TPSA) is 16.4 Å². The van der Waals surface area contributed by atoms with E-state index >= 15 is 0 Å². The molecule has 0 amide bonds. The Labute approximate surface area is 410 Å². The molecule has 2 heteroatoms. The maximum Gasteiger partial charge on any atom is 0.137 e. The maximum atomic E-state index is 11.0. The number of hydrogen-bond acceptors (Lipinski definition) is 2. The molecular weight excluding hydrogens is 739 g/mol. The zero-order chi connectivity index (χ0) is 74.3. The Morgan fingerprint density at radius 1 is 0.361 bits per heavy atom. The lowest BCUT2D eigenvalue weighted by Gasteiger charge is -2.35. The van der Waals surface area contributed by atoms with Crippen LogP contribution in [-0.4, -0.2) is 0 Å². The molecule has 0 spiro atoms. The van der Waals surface area contributed by atoms with Gasteiger partial charge in [-0.3, -0.25) is 0 Å². The molecular formula is C59H39NO. The van der Waals surface area contributed by atoms with Gasteiger partial charge in [-0.15, -0.1) is 0 Å². The van der Waals surface area contributed by atoms with Gasteiger partial charge in [0.1, 0.15) is 11.2 Å². The summed E-state index contributed by atoms with van der Waals surface area (Å²) in [5, 5.41) is -2.84. The average molecular weight is 817 g/mol. The number of fused-ring (bicyclic) bond motifs is 7. The van der Waals surface area contributed by atoms with Gasteiger partial charge in [0, 0.05) is 33.9 Å². The highest BCUT2D eigenvalue weighted by Gasteiger charge is 2.47. The van der Waals surface area contributed by atoms with E-state index in [1.807, 2.05) is 0 Å². The number of nitrogens with zero attached hydrogens (tertiary/aromatic N) is 1. The van der Waals surface area contributed by atoms with E-state index in [4.69, 9.17) is 31.8 Å². The number of para-hydroxylation sites is 1. The summed E-state index contributed by atoms with van der Waals surface area (Å²) in [6.45, 7) is 0. The fourth-order valence-corrected chi connectivity index (χ4v) is 7.38. The van der Waals surface area contributed by atoms with E-state index in [9.17, 15) is 26.0 Å². The second-order valence-electron chi connectivity index (χ2n) is 13.0. The van der Waals surface area contributed by atoms with Crippen molar-refractivity contribution < 1.29 is 57.9 Å². The molecule has 0 bridgehead atoms. The average Bonchev–Trinajstić information content (AvgIpc) is 1.48. The van der Waals surface area contributed by atoms with Crippen molar-refractivity contribution in [3.8, 4) is 33.4 Å². The van der Waals surface area contributed by atoms with E-state index in [0.717, 1.165) is 0 Å². The second kappa shape index (κ2) is 14.1. The molecule has 61 heavy (non-hydrogen) atoms. The first kappa shape index (κ1) is 13.5. The van der Waals surface area contributed by atoms with Crippen molar-refractivity contribution in [1.82, 2.24) is 0 Å². The van der Waals surface area contributed by atoms with Crippen LogP contribution in [0.1, 0.15) is 75.7 Å². The molecule has 0 aliphatic heterocycles. The summed E-state index contributed by atoms with van der Waals surface area (Å²) < 4.78 is 370. The van der Waals surface area contributed by atoms with Crippen LogP contribution in [0.2, 0.25) is 0 Å². The Kier molecular flexibility index (Phi) is 3.13. The van der Waals surface area contributed by atoms with Crippen LogP contribution in [-0.2, 0) is 5.41 Å². The van der Waals surface area contributed by atoms with Gasteiger partial charge in [-0.2, -0.15) is 0 Å². The Hall–Kier alpha value is -7.94. The minimum Gasteiger partial charge on any atom is -0.456 e. The summed E-state index contributed by atoms with van der Waals surface area (Å²) >= 11 is 0. The fourth-order valence-electron chi connectivity index (χ4n) is 7.38. The zero-order valence-electron chi connectivity index (χ0n) is 69.4. The van der Waals surface area contributed by atoms with Crippen LogP contribution in [0, 0.1) is 0 Å². The standard InChI is InChI=1S/C59H39NO/c1-4-16-41(17-5-1)50-27-15-28-54-58(50)53-37-35-46(38-55(53)59(54,43-20-6-2-7-21-43)44-22-8-3-9-23-44)60(47-34-36-52-51-25-12-13-29-56(51)61-57(52)39-47)45-32-30-42(31-33-45)49-26-14-19-40-18-10-11-24-48(40)49/h1-39H/i1D,2D,3D,4D,5D,6D,7D,8D,9D,10D,11D,12D,13D,14D,15D,16D,17D,18D,19D,20D,21D,22D,23D,24D,25D,26D,27D,28D,29D,30D,31D,32D,33D,34D,35D,36D,37D,38D,39D. The third kappa shape index (κ3) is 5.50. The number of benzene rings is 10. The van der Waals surface area contributed by atoms with Gasteiger partial charge in [-0.05, 0) is 109 Å². The van der Waals surface area contributed by atoms with Crippen LogP contribution < -0.4 is 4.90 Å². The molecule has 0 saturated carbocycles. The lowest BCUT2D eigenvalue weighted by Crippen LogP contribution is -2.28. The van der Waals surface area contributed by atoms with Crippen molar-refractivity contribution in [2.45, 2.75) is 5.41 Å². The summed E-state index contributed by atoms with van der Waals surface area (Å²) in [4.78, 5) is 0.189. The van der Waals surface area contributed by atoms with Crippen molar-refractivity contribution >= 4 is 49.8 Å². The van der Waals surface area contributed by atoms with Crippen LogP contribution in [0.3, 0.4) is 0 Å². The number of anilines is 3. The second-order valence-corrected chi connectivity index (χ2v) is 13.0. The van der Waals surface area contributed by atoms with Crippen molar-refractivity contribution in [2.24, 2.45) is 0 Å². The fraction of sp³-hybridized carbons (Fsp3) is 0.0169. The third-order valence-corrected chi connectivity index (χ3v) is 9.89. The summed E-state index contributed by atoms with van der Waals surface area (Å²) in [5.74, 6) is 0. The zero-order valence-corrected chi connectivity index (χ0v) is 30.4. The normalized spacial score (nSPS) is 21.7. The van der Waals surface area contributed by atoms with E-state index in [1.165, 1.54) is 0 Å². The van der Waals surface area contributed by atoms with Crippen molar-refractivity contribution in [2.75, 3.05) is 4.90 Å². The van der Waals surface area contributed by atoms with Crippen molar-refractivity contribution in [3.05, 3.63) is 258 Å². The molecule has 10 aromatic carbocycles. The molecule has 0 unspecified atom stereocenters. The molecule has 0 N–H and O–H groups in total. The lowest BCUT2D eigenvalue weighted by molar-refractivity contribution is 0.669. The lowest BCUT2D eigenvalue weighted by atomic mass is 9.67. The number of rotatable bonds is 7. The van der Waals surface area contributed by atoms with E-state index in [2.05, 4.69) is 0 Å². The highest BCUT2D eigenvalue weighted by molar-refractivity contribution is 6.06. The van der Waals surface area contributed by atoms with Crippen LogP contribution in [0.15, 0.2) is 240 Å². The van der Waals surface area contributed by atoms with Crippen molar-refractivity contribution in [3.63, 3.8) is 0 Å². The molecule has 1 heterocycles. The Morgan fingerprint density at radius 3 is 1.69 bits per heavy atom. The first-order valence-electron chi connectivity index (χ1n) is 37.3. The van der Waals surface area contributed by atoms with Gasteiger partial charge in [0.2, 0.25) is 0 Å². The molecule has 1 aliphatic carbocycles. The van der Waals surface area contributed by atoms with E-state index in [-0.39, 0.29) is 4.90 Å². The molecule has 11 aromatic rings. The van der Waals surface area contributed by atoms with Gasteiger partial charge >= 0.3 is 0 Å². The number of hydrogen-bond donors (Lipinski definition) is 0. The van der Waals surface area contributed by atoms with Gasteiger partial charge in [0.15, 0.2) is 0 Å². The third-order valence-electron chi connectivity index (χ3n) is 9.89. The largest absolute Gasteiger partial charge is 0.456 e. The van der Waals surface area contributed by atoms with Gasteiger partial charge in [-0.25, -0.2) is 0 Å². The highest BCUT2D eigenvalue weighted by Crippen LogP contribution is 2.59. The monoisotopic (exact) mass is 817 g/mol. The maximum absolute atomic E-state index is 11.0.